The molecule has 0 fully saturated rings. The summed E-state index contributed by atoms with van der Waals surface area (Å²) in [5.41, 5.74) is 0.361. The molecule has 118 valence electrons. The van der Waals surface area contributed by atoms with E-state index in [1.54, 1.807) is 12.1 Å². The first-order valence-corrected chi connectivity index (χ1v) is 8.18. The van der Waals surface area contributed by atoms with Gasteiger partial charge in [0.25, 0.3) is 5.91 Å². The number of methoxy groups -OCH3 is 1. The van der Waals surface area contributed by atoms with Crippen molar-refractivity contribution in [2.45, 2.75) is 26.7 Å². The van der Waals surface area contributed by atoms with Crippen LogP contribution in [0.25, 0.3) is 0 Å². The Morgan fingerprint density at radius 1 is 1.48 bits per heavy atom. The van der Waals surface area contributed by atoms with Gasteiger partial charge in [0.2, 0.25) is 0 Å². The normalized spacial score (nSPS) is 11.3. The van der Waals surface area contributed by atoms with E-state index in [1.165, 1.54) is 7.11 Å². The number of halogens is 2. The topological polar surface area (TPSA) is 58.6 Å². The molecule has 0 bridgehead atoms. The van der Waals surface area contributed by atoms with Crippen LogP contribution in [0.2, 0.25) is 5.02 Å². The van der Waals surface area contributed by atoms with E-state index in [0.29, 0.717) is 22.9 Å². The van der Waals surface area contributed by atoms with E-state index >= 15 is 0 Å². The molecule has 1 aromatic rings. The molecule has 4 nitrogen and oxygen atoms in total. The molecule has 1 aromatic carbocycles. The van der Waals surface area contributed by atoms with Crippen molar-refractivity contribution in [3.8, 4) is 5.75 Å². The van der Waals surface area contributed by atoms with E-state index < -0.39 is 0 Å². The van der Waals surface area contributed by atoms with Crippen LogP contribution in [0.4, 0.5) is 0 Å². The van der Waals surface area contributed by atoms with Crippen molar-refractivity contribution in [3.63, 3.8) is 0 Å². The lowest BCUT2D eigenvalue weighted by molar-refractivity contribution is 0.0930. The molecule has 0 unspecified atom stereocenters. The van der Waals surface area contributed by atoms with Gasteiger partial charge in [0.15, 0.2) is 0 Å². The summed E-state index contributed by atoms with van der Waals surface area (Å²) in [6.45, 7) is 4.80. The number of aliphatic hydroxyl groups excluding tert-OH is 1. The number of amides is 1. The summed E-state index contributed by atoms with van der Waals surface area (Å²) in [6, 6.07) is 3.37. The molecule has 1 rings (SSSR count). The van der Waals surface area contributed by atoms with E-state index in [2.05, 4.69) is 41.8 Å². The number of hydrogen-bond donors (Lipinski definition) is 2. The molecule has 0 heterocycles. The number of ether oxygens (including phenoxy) is 1. The second-order valence-corrected chi connectivity index (χ2v) is 7.21. The van der Waals surface area contributed by atoms with Crippen molar-refractivity contribution >= 4 is 40.1 Å². The minimum atomic E-state index is -0.206. The summed E-state index contributed by atoms with van der Waals surface area (Å²) >= 11 is 8.17. The Kier molecular flexibility index (Phi) is 7.23. The molecule has 0 aliphatic carbocycles. The molecule has 0 aliphatic rings. The summed E-state index contributed by atoms with van der Waals surface area (Å²) < 4.78 is 6.08. The minimum absolute atomic E-state index is 0.0708. The fourth-order valence-corrected chi connectivity index (χ4v) is 2.54. The van der Waals surface area contributed by atoms with Gasteiger partial charge in [-0.05, 0) is 53.0 Å². The zero-order valence-corrected chi connectivity index (χ0v) is 15.4. The molecule has 0 saturated carbocycles. The molecule has 21 heavy (non-hydrogen) atoms. The van der Waals surface area contributed by atoms with Crippen LogP contribution < -0.4 is 10.1 Å². The van der Waals surface area contributed by atoms with Crippen LogP contribution in [0.3, 0.4) is 0 Å². The number of hydrogen-bond acceptors (Lipinski definition) is 3. The molecule has 0 aromatic heterocycles. The third-order valence-corrected chi connectivity index (χ3v) is 4.75. The first kappa shape index (κ1) is 18.5. The van der Waals surface area contributed by atoms with Crippen LogP contribution in [0.15, 0.2) is 12.1 Å². The monoisotopic (exact) mass is 425 g/mol. The maximum absolute atomic E-state index is 12.3. The molecule has 6 heteroatoms. The van der Waals surface area contributed by atoms with Crippen LogP contribution in [0.1, 0.15) is 37.0 Å². The van der Waals surface area contributed by atoms with E-state index in [9.17, 15) is 4.79 Å². The van der Waals surface area contributed by atoms with Crippen molar-refractivity contribution in [1.82, 2.24) is 5.32 Å². The van der Waals surface area contributed by atoms with Gasteiger partial charge in [0, 0.05) is 16.7 Å². The van der Waals surface area contributed by atoms with Gasteiger partial charge in [-0.2, -0.15) is 0 Å². The summed E-state index contributed by atoms with van der Waals surface area (Å²) in [7, 11) is 1.53. The fourth-order valence-electron chi connectivity index (χ4n) is 1.94. The van der Waals surface area contributed by atoms with Crippen LogP contribution >= 0.6 is 34.2 Å². The van der Waals surface area contributed by atoms with E-state index in [0.717, 1.165) is 16.4 Å². The zero-order valence-electron chi connectivity index (χ0n) is 12.5. The SMILES string of the molecule is COc1cc(I)c(Cl)cc1C(=O)NCC(C)(C)CCCO. The molecule has 0 radical (unpaired) electrons. The van der Waals surface area contributed by atoms with Gasteiger partial charge in [-0.15, -0.1) is 0 Å². The van der Waals surface area contributed by atoms with Gasteiger partial charge < -0.3 is 15.2 Å². The maximum Gasteiger partial charge on any atom is 0.255 e. The molecule has 0 atom stereocenters. The van der Waals surface area contributed by atoms with Crippen molar-refractivity contribution in [3.05, 3.63) is 26.3 Å². The average molecular weight is 426 g/mol. The lowest BCUT2D eigenvalue weighted by atomic mass is 9.88. The Bertz CT molecular complexity index is 506. The van der Waals surface area contributed by atoms with Gasteiger partial charge in [0.05, 0.1) is 17.7 Å². The second-order valence-electron chi connectivity index (χ2n) is 5.64. The first-order valence-electron chi connectivity index (χ1n) is 6.73. The highest BCUT2D eigenvalue weighted by Gasteiger charge is 2.21. The Labute approximate surface area is 144 Å². The van der Waals surface area contributed by atoms with Crippen LogP contribution in [-0.4, -0.2) is 31.3 Å². The van der Waals surface area contributed by atoms with Gasteiger partial charge in [-0.3, -0.25) is 4.79 Å². The van der Waals surface area contributed by atoms with E-state index in [4.69, 9.17) is 21.4 Å². The predicted molar refractivity (Wildman–Crippen MR) is 93.2 cm³/mol. The largest absolute Gasteiger partial charge is 0.496 e. The molecule has 0 saturated heterocycles. The number of carbonyl (C=O) groups excluding carboxylic acids is 1. The van der Waals surface area contributed by atoms with Gasteiger partial charge in [-0.1, -0.05) is 25.4 Å². The standard InChI is InChI=1S/C15H21ClINO3/c1-15(2,5-4-6-19)9-18-14(20)10-7-11(16)12(17)8-13(10)21-3/h7-8,19H,4-6,9H2,1-3H3,(H,18,20). The Balaban J connectivity index is 2.78. The summed E-state index contributed by atoms with van der Waals surface area (Å²) in [4.78, 5) is 12.3. The van der Waals surface area contributed by atoms with E-state index in [1.807, 2.05) is 0 Å². The third-order valence-electron chi connectivity index (χ3n) is 3.23. The van der Waals surface area contributed by atoms with Crippen LogP contribution in [-0.2, 0) is 0 Å². The maximum atomic E-state index is 12.3. The fraction of sp³-hybridized carbons (Fsp3) is 0.533. The molecular formula is C15H21ClINO3. The highest BCUT2D eigenvalue weighted by molar-refractivity contribution is 14.1. The number of rotatable bonds is 7. The van der Waals surface area contributed by atoms with Gasteiger partial charge in [-0.25, -0.2) is 0 Å². The van der Waals surface area contributed by atoms with E-state index in [-0.39, 0.29) is 17.9 Å². The van der Waals surface area contributed by atoms with Gasteiger partial charge in [0.1, 0.15) is 5.75 Å². The molecule has 1 amide bonds. The quantitative estimate of drug-likeness (QED) is 0.658. The number of benzene rings is 1. The molecular weight excluding hydrogens is 405 g/mol. The van der Waals surface area contributed by atoms with Crippen molar-refractivity contribution in [2.24, 2.45) is 5.41 Å². The smallest absolute Gasteiger partial charge is 0.255 e. The minimum Gasteiger partial charge on any atom is -0.496 e. The van der Waals surface area contributed by atoms with Crippen LogP contribution in [0, 0.1) is 8.99 Å². The number of nitrogens with one attached hydrogen (secondary N) is 1. The summed E-state index contributed by atoms with van der Waals surface area (Å²) in [5, 5.41) is 12.3. The Morgan fingerprint density at radius 3 is 2.71 bits per heavy atom. The molecule has 0 spiro atoms. The Morgan fingerprint density at radius 2 is 2.14 bits per heavy atom. The van der Waals surface area contributed by atoms with Crippen molar-refractivity contribution in [2.75, 3.05) is 20.3 Å². The highest BCUT2D eigenvalue weighted by atomic mass is 127. The van der Waals surface area contributed by atoms with Crippen LogP contribution in [0.5, 0.6) is 5.75 Å². The molecule has 0 aliphatic heterocycles. The van der Waals surface area contributed by atoms with Crippen molar-refractivity contribution in [1.29, 1.82) is 0 Å². The average Bonchev–Trinajstić information content (AvgIpc) is 2.45. The molecule has 2 N–H and O–H groups in total. The second kappa shape index (κ2) is 8.19. The van der Waals surface area contributed by atoms with Crippen molar-refractivity contribution < 1.29 is 14.6 Å². The van der Waals surface area contributed by atoms with Gasteiger partial charge >= 0.3 is 0 Å². The lowest BCUT2D eigenvalue weighted by Gasteiger charge is -2.24. The number of carbonyl (C=O) groups is 1. The zero-order chi connectivity index (χ0) is 16.0. The summed E-state index contributed by atoms with van der Waals surface area (Å²) in [6.07, 6.45) is 1.57. The summed E-state index contributed by atoms with van der Waals surface area (Å²) in [5.74, 6) is 0.302. The lowest BCUT2D eigenvalue weighted by Crippen LogP contribution is -2.34. The predicted octanol–water partition coefficient (Wildman–Crippen LogP) is 3.48. The Hall–Kier alpha value is -0.530. The number of aliphatic hydroxyl groups is 1. The third kappa shape index (κ3) is 5.64. The highest BCUT2D eigenvalue weighted by Crippen LogP contribution is 2.28. The first-order chi connectivity index (χ1) is 9.80.